The van der Waals surface area contributed by atoms with Gasteiger partial charge in [0.15, 0.2) is 5.96 Å². The second-order valence-electron chi connectivity index (χ2n) is 9.22. The van der Waals surface area contributed by atoms with Crippen LogP contribution in [0, 0.1) is 0 Å². The fraction of sp³-hybridized carbons (Fsp3) is 0.652. The van der Waals surface area contributed by atoms with E-state index < -0.39 is 5.60 Å². The molecule has 3 rings (SSSR count). The molecule has 0 saturated carbocycles. The number of carbonyl (C=O) groups is 1. The SMILES string of the molecule is CN=C(NCCN1CCN(C(=O)OC(C)(C)C)CC1)NC1CCN(c2ccccc2)C1.I. The van der Waals surface area contributed by atoms with Crippen molar-refractivity contribution in [1.29, 1.82) is 0 Å². The van der Waals surface area contributed by atoms with Gasteiger partial charge in [0.25, 0.3) is 0 Å². The number of guanidine groups is 1. The molecule has 1 aromatic rings. The molecule has 0 spiro atoms. The van der Waals surface area contributed by atoms with Gasteiger partial charge >= 0.3 is 6.09 Å². The highest BCUT2D eigenvalue weighted by atomic mass is 127. The molecule has 32 heavy (non-hydrogen) atoms. The molecule has 2 aliphatic rings. The van der Waals surface area contributed by atoms with E-state index in [0.717, 1.165) is 51.6 Å². The van der Waals surface area contributed by atoms with E-state index in [-0.39, 0.29) is 30.1 Å². The van der Waals surface area contributed by atoms with E-state index in [4.69, 9.17) is 4.74 Å². The lowest BCUT2D eigenvalue weighted by atomic mass is 10.2. The zero-order valence-corrected chi connectivity index (χ0v) is 22.2. The van der Waals surface area contributed by atoms with Crippen molar-refractivity contribution in [2.45, 2.75) is 38.8 Å². The number of anilines is 1. The Labute approximate surface area is 209 Å². The number of rotatable bonds is 5. The minimum absolute atomic E-state index is 0. The summed E-state index contributed by atoms with van der Waals surface area (Å²) in [6.07, 6.45) is 0.887. The topological polar surface area (TPSA) is 72.4 Å². The van der Waals surface area contributed by atoms with Crippen molar-refractivity contribution < 1.29 is 9.53 Å². The number of hydrogen-bond donors (Lipinski definition) is 2. The van der Waals surface area contributed by atoms with E-state index in [9.17, 15) is 4.79 Å². The van der Waals surface area contributed by atoms with Crippen LogP contribution in [0.5, 0.6) is 0 Å². The van der Waals surface area contributed by atoms with Crippen molar-refractivity contribution in [2.24, 2.45) is 4.99 Å². The van der Waals surface area contributed by atoms with Gasteiger partial charge in [-0.3, -0.25) is 9.89 Å². The molecule has 1 atom stereocenters. The van der Waals surface area contributed by atoms with Crippen LogP contribution in [0.25, 0.3) is 0 Å². The highest BCUT2D eigenvalue weighted by Gasteiger charge is 2.26. The molecular formula is C23H39IN6O2. The maximum absolute atomic E-state index is 12.2. The van der Waals surface area contributed by atoms with E-state index in [1.54, 1.807) is 4.90 Å². The Bertz CT molecular complexity index is 732. The number of nitrogens with zero attached hydrogens (tertiary/aromatic N) is 4. The molecular weight excluding hydrogens is 519 g/mol. The standard InChI is InChI=1S/C23H38N6O2.HI/c1-23(2,3)31-22(30)28-16-14-27(15-17-28)13-11-25-21(24-4)26-19-10-12-29(18-19)20-8-6-5-7-9-20;/h5-9,19H,10-18H2,1-4H3,(H2,24,25,26);1H. The van der Waals surface area contributed by atoms with Gasteiger partial charge in [-0.15, -0.1) is 24.0 Å². The Morgan fingerprint density at radius 2 is 1.81 bits per heavy atom. The first-order chi connectivity index (χ1) is 14.8. The van der Waals surface area contributed by atoms with E-state index in [1.807, 2.05) is 27.8 Å². The minimum atomic E-state index is -0.446. The summed E-state index contributed by atoms with van der Waals surface area (Å²) in [5.74, 6) is 0.854. The van der Waals surface area contributed by atoms with Crippen molar-refractivity contribution in [1.82, 2.24) is 20.4 Å². The number of amides is 1. The molecule has 9 heteroatoms. The van der Waals surface area contributed by atoms with E-state index in [1.165, 1.54) is 5.69 Å². The number of ether oxygens (including phenoxy) is 1. The average Bonchev–Trinajstić information content (AvgIpc) is 3.21. The van der Waals surface area contributed by atoms with Gasteiger partial charge in [0.05, 0.1) is 0 Å². The zero-order valence-electron chi connectivity index (χ0n) is 19.8. The highest BCUT2D eigenvalue weighted by molar-refractivity contribution is 14.0. The van der Waals surface area contributed by atoms with Gasteiger partial charge in [0.2, 0.25) is 0 Å². The number of hydrogen-bond acceptors (Lipinski definition) is 5. The molecule has 0 radical (unpaired) electrons. The maximum atomic E-state index is 12.2. The molecule has 2 saturated heterocycles. The van der Waals surface area contributed by atoms with E-state index in [2.05, 4.69) is 55.8 Å². The van der Waals surface area contributed by atoms with E-state index in [0.29, 0.717) is 19.1 Å². The van der Waals surface area contributed by atoms with Gasteiger partial charge in [0, 0.05) is 71.1 Å². The molecule has 1 aromatic carbocycles. The molecule has 2 fully saturated rings. The number of para-hydroxylation sites is 1. The molecule has 2 aliphatic heterocycles. The van der Waals surface area contributed by atoms with Crippen LogP contribution in [-0.2, 0) is 4.74 Å². The summed E-state index contributed by atoms with van der Waals surface area (Å²) in [5, 5.41) is 6.99. The minimum Gasteiger partial charge on any atom is -0.444 e. The van der Waals surface area contributed by atoms with Gasteiger partial charge in [-0.25, -0.2) is 4.79 Å². The second-order valence-corrected chi connectivity index (χ2v) is 9.22. The summed E-state index contributed by atoms with van der Waals surface area (Å²) in [6.45, 7) is 12.6. The maximum Gasteiger partial charge on any atom is 0.410 e. The summed E-state index contributed by atoms with van der Waals surface area (Å²) < 4.78 is 5.47. The lowest BCUT2D eigenvalue weighted by Crippen LogP contribution is -2.52. The molecule has 180 valence electrons. The summed E-state index contributed by atoms with van der Waals surface area (Å²) in [5.41, 5.74) is 0.832. The third-order valence-corrected chi connectivity index (χ3v) is 5.62. The Balaban J connectivity index is 0.00000363. The van der Waals surface area contributed by atoms with Gasteiger partial charge in [-0.05, 0) is 39.3 Å². The number of benzene rings is 1. The monoisotopic (exact) mass is 558 g/mol. The van der Waals surface area contributed by atoms with Crippen LogP contribution >= 0.6 is 24.0 Å². The Morgan fingerprint density at radius 3 is 2.44 bits per heavy atom. The molecule has 0 bridgehead atoms. The molecule has 2 N–H and O–H groups in total. The first-order valence-corrected chi connectivity index (χ1v) is 11.3. The lowest BCUT2D eigenvalue weighted by molar-refractivity contribution is 0.0147. The summed E-state index contributed by atoms with van der Waals surface area (Å²) in [4.78, 5) is 23.2. The largest absolute Gasteiger partial charge is 0.444 e. The summed E-state index contributed by atoms with van der Waals surface area (Å²) in [6, 6.07) is 11.0. The number of aliphatic imine (C=N–C) groups is 1. The predicted molar refractivity (Wildman–Crippen MR) is 141 cm³/mol. The van der Waals surface area contributed by atoms with Crippen LogP contribution in [0.1, 0.15) is 27.2 Å². The molecule has 2 heterocycles. The van der Waals surface area contributed by atoms with Crippen molar-refractivity contribution in [3.05, 3.63) is 30.3 Å². The van der Waals surface area contributed by atoms with Crippen LogP contribution in [0.3, 0.4) is 0 Å². The fourth-order valence-electron chi connectivity index (χ4n) is 3.95. The third kappa shape index (κ3) is 8.31. The molecule has 0 aliphatic carbocycles. The zero-order chi connectivity index (χ0) is 22.3. The molecule has 1 unspecified atom stereocenters. The highest BCUT2D eigenvalue weighted by Crippen LogP contribution is 2.19. The summed E-state index contributed by atoms with van der Waals surface area (Å²) >= 11 is 0. The van der Waals surface area contributed by atoms with Crippen LogP contribution in [0.15, 0.2) is 35.3 Å². The Kier molecular flexibility index (Phi) is 10.3. The van der Waals surface area contributed by atoms with Crippen LogP contribution in [-0.4, -0.2) is 92.9 Å². The van der Waals surface area contributed by atoms with Crippen molar-refractivity contribution in [3.8, 4) is 0 Å². The molecule has 0 aromatic heterocycles. The lowest BCUT2D eigenvalue weighted by Gasteiger charge is -2.35. The van der Waals surface area contributed by atoms with Gasteiger partial charge in [-0.1, -0.05) is 18.2 Å². The van der Waals surface area contributed by atoms with Crippen LogP contribution < -0.4 is 15.5 Å². The van der Waals surface area contributed by atoms with Gasteiger partial charge in [-0.2, -0.15) is 0 Å². The number of halogens is 1. The Morgan fingerprint density at radius 1 is 1.12 bits per heavy atom. The van der Waals surface area contributed by atoms with Gasteiger partial charge < -0.3 is 25.2 Å². The average molecular weight is 559 g/mol. The van der Waals surface area contributed by atoms with Crippen molar-refractivity contribution >= 4 is 41.7 Å². The predicted octanol–water partition coefficient (Wildman–Crippen LogP) is 2.60. The van der Waals surface area contributed by atoms with Crippen LogP contribution in [0.2, 0.25) is 0 Å². The van der Waals surface area contributed by atoms with E-state index >= 15 is 0 Å². The number of carbonyl (C=O) groups excluding carboxylic acids is 1. The smallest absolute Gasteiger partial charge is 0.410 e. The summed E-state index contributed by atoms with van der Waals surface area (Å²) in [7, 11) is 1.82. The van der Waals surface area contributed by atoms with Crippen molar-refractivity contribution in [2.75, 3.05) is 64.3 Å². The molecule has 8 nitrogen and oxygen atoms in total. The van der Waals surface area contributed by atoms with Gasteiger partial charge in [0.1, 0.15) is 5.60 Å². The normalized spacial score (nSPS) is 20.0. The number of nitrogens with one attached hydrogen (secondary N) is 2. The van der Waals surface area contributed by atoms with Crippen molar-refractivity contribution in [3.63, 3.8) is 0 Å². The third-order valence-electron chi connectivity index (χ3n) is 5.62. The number of piperazine rings is 1. The quantitative estimate of drug-likeness (QED) is 0.329. The van der Waals surface area contributed by atoms with Crippen LogP contribution in [0.4, 0.5) is 10.5 Å². The molecule has 1 amide bonds. The first kappa shape index (κ1) is 26.5. The Hall–Kier alpha value is -1.75. The first-order valence-electron chi connectivity index (χ1n) is 11.3. The fourth-order valence-corrected chi connectivity index (χ4v) is 3.95. The second kappa shape index (κ2) is 12.5.